The van der Waals surface area contributed by atoms with Gasteiger partial charge < -0.3 is 9.73 Å². The third-order valence-corrected chi connectivity index (χ3v) is 3.05. The van der Waals surface area contributed by atoms with Gasteiger partial charge in [0.15, 0.2) is 0 Å². The van der Waals surface area contributed by atoms with Gasteiger partial charge >= 0.3 is 0 Å². The summed E-state index contributed by atoms with van der Waals surface area (Å²) in [4.78, 5) is 12.1. The number of amides is 1. The first-order chi connectivity index (χ1) is 10.2. The van der Waals surface area contributed by atoms with E-state index in [1.807, 2.05) is 6.07 Å². The molecule has 0 fully saturated rings. The molecule has 5 nitrogen and oxygen atoms in total. The van der Waals surface area contributed by atoms with Gasteiger partial charge in [0.05, 0.1) is 0 Å². The Kier molecular flexibility index (Phi) is 3.66. The van der Waals surface area contributed by atoms with Crippen molar-refractivity contribution in [2.45, 2.75) is 0 Å². The van der Waals surface area contributed by atoms with Crippen LogP contribution in [0.1, 0.15) is 10.4 Å². The van der Waals surface area contributed by atoms with Gasteiger partial charge in [-0.15, -0.1) is 10.2 Å². The van der Waals surface area contributed by atoms with E-state index in [2.05, 4.69) is 15.5 Å². The van der Waals surface area contributed by atoms with Crippen LogP contribution in [0, 0.1) is 0 Å². The summed E-state index contributed by atoms with van der Waals surface area (Å²) in [7, 11) is 0. The van der Waals surface area contributed by atoms with E-state index in [9.17, 15) is 4.79 Å². The maximum atomic E-state index is 12.1. The number of hydrogen-bond donors (Lipinski definition) is 1. The number of anilines is 1. The summed E-state index contributed by atoms with van der Waals surface area (Å²) in [5.41, 5.74) is 1.86. The van der Waals surface area contributed by atoms with Crippen LogP contribution in [0.3, 0.4) is 0 Å². The maximum absolute atomic E-state index is 12.1. The highest BCUT2D eigenvalue weighted by atomic mass is 35.5. The summed E-state index contributed by atoms with van der Waals surface area (Å²) in [5, 5.41) is 10.8. The predicted molar refractivity (Wildman–Crippen MR) is 79.1 cm³/mol. The largest absolute Gasteiger partial charge is 0.423 e. The summed E-state index contributed by atoms with van der Waals surface area (Å²) in [6.07, 6.45) is 1.26. The molecule has 2 aromatic carbocycles. The molecule has 3 aromatic rings. The lowest BCUT2D eigenvalue weighted by molar-refractivity contribution is 0.102. The van der Waals surface area contributed by atoms with Crippen LogP contribution in [0.5, 0.6) is 0 Å². The zero-order valence-electron chi connectivity index (χ0n) is 10.8. The normalized spacial score (nSPS) is 10.3. The first kappa shape index (κ1) is 13.3. The Hall–Kier alpha value is -2.66. The number of hydrogen-bond acceptors (Lipinski definition) is 4. The van der Waals surface area contributed by atoms with Gasteiger partial charge in [-0.25, -0.2) is 0 Å². The van der Waals surface area contributed by atoms with E-state index in [-0.39, 0.29) is 5.91 Å². The molecule has 21 heavy (non-hydrogen) atoms. The van der Waals surface area contributed by atoms with E-state index in [0.29, 0.717) is 22.2 Å². The van der Waals surface area contributed by atoms with Gasteiger partial charge in [0.25, 0.3) is 5.91 Å². The van der Waals surface area contributed by atoms with Crippen molar-refractivity contribution in [1.82, 2.24) is 10.2 Å². The lowest BCUT2D eigenvalue weighted by atomic mass is 10.1. The van der Waals surface area contributed by atoms with Gasteiger partial charge in [-0.2, -0.15) is 0 Å². The number of nitrogens with zero attached hydrogens (tertiary/aromatic N) is 2. The molecule has 0 bridgehead atoms. The van der Waals surface area contributed by atoms with Gasteiger partial charge in [0.2, 0.25) is 12.3 Å². The second-order valence-electron chi connectivity index (χ2n) is 4.29. The molecular weight excluding hydrogens is 290 g/mol. The van der Waals surface area contributed by atoms with Crippen LogP contribution in [-0.2, 0) is 0 Å². The van der Waals surface area contributed by atoms with E-state index in [0.717, 1.165) is 5.56 Å². The average Bonchev–Trinajstić information content (AvgIpc) is 3.02. The van der Waals surface area contributed by atoms with Crippen molar-refractivity contribution in [1.29, 1.82) is 0 Å². The zero-order valence-corrected chi connectivity index (χ0v) is 11.5. The third kappa shape index (κ3) is 3.09. The maximum Gasteiger partial charge on any atom is 0.255 e. The third-order valence-electron chi connectivity index (χ3n) is 2.81. The number of carbonyl (C=O) groups is 1. The fourth-order valence-electron chi connectivity index (χ4n) is 1.86. The van der Waals surface area contributed by atoms with Crippen molar-refractivity contribution < 1.29 is 9.21 Å². The van der Waals surface area contributed by atoms with Gasteiger partial charge in [0, 0.05) is 21.8 Å². The van der Waals surface area contributed by atoms with E-state index in [1.165, 1.54) is 6.39 Å². The number of rotatable bonds is 3. The van der Waals surface area contributed by atoms with Crippen LogP contribution in [0.2, 0.25) is 5.02 Å². The molecule has 0 aliphatic rings. The molecule has 1 N–H and O–H groups in total. The number of carbonyl (C=O) groups excluding carboxylic acids is 1. The van der Waals surface area contributed by atoms with E-state index in [1.54, 1.807) is 42.5 Å². The molecule has 0 atom stereocenters. The van der Waals surface area contributed by atoms with Crippen LogP contribution in [0.4, 0.5) is 5.69 Å². The molecule has 0 saturated heterocycles. The van der Waals surface area contributed by atoms with Gasteiger partial charge in [0.1, 0.15) is 0 Å². The zero-order chi connectivity index (χ0) is 14.7. The highest BCUT2D eigenvalue weighted by molar-refractivity contribution is 6.31. The monoisotopic (exact) mass is 299 g/mol. The molecule has 0 saturated carbocycles. The smallest absolute Gasteiger partial charge is 0.255 e. The summed E-state index contributed by atoms with van der Waals surface area (Å²) in [6, 6.07) is 13.9. The minimum Gasteiger partial charge on any atom is -0.423 e. The Morgan fingerprint density at radius 1 is 1.14 bits per heavy atom. The Bertz CT molecular complexity index is 772. The van der Waals surface area contributed by atoms with Crippen molar-refractivity contribution in [3.8, 4) is 11.5 Å². The topological polar surface area (TPSA) is 68.0 Å². The van der Waals surface area contributed by atoms with Crippen LogP contribution in [0.15, 0.2) is 59.3 Å². The minimum absolute atomic E-state index is 0.236. The Labute approximate surface area is 125 Å². The van der Waals surface area contributed by atoms with Gasteiger partial charge in [-0.3, -0.25) is 4.79 Å². The SMILES string of the molecule is O=C(Nc1cccc(-c2nnco2)c1)c1cccc(Cl)c1. The molecule has 1 heterocycles. The fraction of sp³-hybridized carbons (Fsp3) is 0. The Morgan fingerprint density at radius 2 is 2.00 bits per heavy atom. The molecule has 6 heteroatoms. The molecule has 1 aromatic heterocycles. The first-order valence-corrected chi connectivity index (χ1v) is 6.54. The molecule has 0 spiro atoms. The first-order valence-electron chi connectivity index (χ1n) is 6.16. The molecule has 0 unspecified atom stereocenters. The lowest BCUT2D eigenvalue weighted by Crippen LogP contribution is -2.11. The summed E-state index contributed by atoms with van der Waals surface area (Å²) in [5.74, 6) is 0.161. The highest BCUT2D eigenvalue weighted by Gasteiger charge is 2.08. The number of nitrogens with one attached hydrogen (secondary N) is 1. The second-order valence-corrected chi connectivity index (χ2v) is 4.73. The molecule has 0 radical (unpaired) electrons. The summed E-state index contributed by atoms with van der Waals surface area (Å²) < 4.78 is 5.13. The second kappa shape index (κ2) is 5.76. The fourth-order valence-corrected chi connectivity index (χ4v) is 2.05. The van der Waals surface area contributed by atoms with Crippen molar-refractivity contribution in [2.75, 3.05) is 5.32 Å². The van der Waals surface area contributed by atoms with Crippen molar-refractivity contribution in [3.05, 3.63) is 65.5 Å². The van der Waals surface area contributed by atoms with Gasteiger partial charge in [-0.1, -0.05) is 23.7 Å². The Morgan fingerprint density at radius 3 is 2.76 bits per heavy atom. The molecule has 1 amide bonds. The average molecular weight is 300 g/mol. The van der Waals surface area contributed by atoms with Crippen molar-refractivity contribution >= 4 is 23.2 Å². The predicted octanol–water partition coefficient (Wildman–Crippen LogP) is 3.64. The van der Waals surface area contributed by atoms with E-state index < -0.39 is 0 Å². The standard InChI is InChI=1S/C15H10ClN3O2/c16-12-5-1-3-10(7-12)14(20)18-13-6-2-4-11(8-13)15-19-17-9-21-15/h1-9H,(H,18,20). The summed E-state index contributed by atoms with van der Waals surface area (Å²) >= 11 is 5.88. The molecule has 0 aliphatic heterocycles. The number of benzene rings is 2. The molecule has 0 aliphatic carbocycles. The molecule has 104 valence electrons. The lowest BCUT2D eigenvalue weighted by Gasteiger charge is -2.06. The van der Waals surface area contributed by atoms with E-state index in [4.69, 9.17) is 16.0 Å². The van der Waals surface area contributed by atoms with Crippen molar-refractivity contribution in [2.24, 2.45) is 0 Å². The molecular formula is C15H10ClN3O2. The van der Waals surface area contributed by atoms with Gasteiger partial charge in [-0.05, 0) is 36.4 Å². The highest BCUT2D eigenvalue weighted by Crippen LogP contribution is 2.21. The summed E-state index contributed by atoms with van der Waals surface area (Å²) in [6.45, 7) is 0. The minimum atomic E-state index is -0.236. The molecule has 3 rings (SSSR count). The quantitative estimate of drug-likeness (QED) is 0.801. The number of aromatic nitrogens is 2. The van der Waals surface area contributed by atoms with Crippen LogP contribution in [0.25, 0.3) is 11.5 Å². The number of halogens is 1. The van der Waals surface area contributed by atoms with Crippen LogP contribution in [-0.4, -0.2) is 16.1 Å². The van der Waals surface area contributed by atoms with E-state index >= 15 is 0 Å². The van der Waals surface area contributed by atoms with Crippen LogP contribution >= 0.6 is 11.6 Å². The van der Waals surface area contributed by atoms with Crippen LogP contribution < -0.4 is 5.32 Å². The van der Waals surface area contributed by atoms with Crippen molar-refractivity contribution in [3.63, 3.8) is 0 Å². The Balaban J connectivity index is 1.82.